The van der Waals surface area contributed by atoms with Crippen LogP contribution in [-0.4, -0.2) is 23.4 Å². The number of benzene rings is 1. The van der Waals surface area contributed by atoms with Crippen LogP contribution in [0, 0.1) is 5.82 Å². The summed E-state index contributed by atoms with van der Waals surface area (Å²) in [5.74, 6) is 0.334. The van der Waals surface area contributed by atoms with Crippen LogP contribution in [0.25, 0.3) is 0 Å². The second-order valence-electron chi connectivity index (χ2n) is 4.23. The van der Waals surface area contributed by atoms with Gasteiger partial charge in [0, 0.05) is 26.3 Å². The third-order valence-electron chi connectivity index (χ3n) is 2.81. The summed E-state index contributed by atoms with van der Waals surface area (Å²) in [6.45, 7) is 1.54. The Kier molecular flexibility index (Phi) is 3.82. The lowest BCUT2D eigenvalue weighted by atomic mass is 10.2. The normalized spacial score (nSPS) is 10.6. The molecule has 18 heavy (non-hydrogen) atoms. The highest BCUT2D eigenvalue weighted by Gasteiger charge is 2.05. The number of aryl methyl sites for hydroxylation is 1. The average molecular weight is 248 g/mol. The number of nitrogens with two attached hydrogens (primary N) is 1. The quantitative estimate of drug-likeness (QED) is 0.881. The lowest BCUT2D eigenvalue weighted by Crippen LogP contribution is -2.21. The smallest absolute Gasteiger partial charge is 0.146 e. The molecule has 0 amide bonds. The Morgan fingerprint density at radius 1 is 1.33 bits per heavy atom. The van der Waals surface area contributed by atoms with Crippen molar-refractivity contribution in [3.8, 4) is 0 Å². The number of hydrogen-bond acceptors (Lipinski definition) is 3. The van der Waals surface area contributed by atoms with Crippen molar-refractivity contribution in [3.63, 3.8) is 0 Å². The van der Waals surface area contributed by atoms with Crippen molar-refractivity contribution in [1.82, 2.24) is 9.78 Å². The molecule has 0 atom stereocenters. The Balaban J connectivity index is 1.85. The van der Waals surface area contributed by atoms with Crippen LogP contribution in [0.2, 0.25) is 0 Å². The maximum atomic E-state index is 13.5. The van der Waals surface area contributed by atoms with Gasteiger partial charge in [-0.1, -0.05) is 12.1 Å². The molecule has 0 aliphatic heterocycles. The Bertz CT molecular complexity index is 509. The van der Waals surface area contributed by atoms with Crippen molar-refractivity contribution in [2.75, 3.05) is 24.2 Å². The molecule has 4 nitrogen and oxygen atoms in total. The number of nitrogens with zero attached hydrogens (tertiary/aromatic N) is 3. The summed E-state index contributed by atoms with van der Waals surface area (Å²) in [4.78, 5) is 1.90. The standard InChI is InChI=1S/C13H17FN4/c1-17(12-6-3-2-5-11(12)14)8-4-9-18-10-7-13(15)16-18/h2-3,5-7,10H,4,8-9H2,1H3,(H2,15,16). The molecule has 1 heterocycles. The molecule has 96 valence electrons. The van der Waals surface area contributed by atoms with Crippen molar-refractivity contribution in [2.24, 2.45) is 0 Å². The minimum Gasteiger partial charge on any atom is -0.382 e. The zero-order valence-corrected chi connectivity index (χ0v) is 10.4. The number of nitrogen functional groups attached to an aromatic ring is 1. The van der Waals surface area contributed by atoms with Crippen LogP contribution in [0.3, 0.4) is 0 Å². The second kappa shape index (κ2) is 5.53. The summed E-state index contributed by atoms with van der Waals surface area (Å²) < 4.78 is 15.3. The van der Waals surface area contributed by atoms with Crippen LogP contribution < -0.4 is 10.6 Å². The van der Waals surface area contributed by atoms with Gasteiger partial charge in [0.1, 0.15) is 11.6 Å². The molecule has 1 aromatic heterocycles. The summed E-state index contributed by atoms with van der Waals surface area (Å²) in [6.07, 6.45) is 2.73. The van der Waals surface area contributed by atoms with Gasteiger partial charge in [0.2, 0.25) is 0 Å². The summed E-state index contributed by atoms with van der Waals surface area (Å²) in [6, 6.07) is 8.55. The van der Waals surface area contributed by atoms with Crippen LogP contribution in [0.4, 0.5) is 15.9 Å². The fourth-order valence-corrected chi connectivity index (χ4v) is 1.85. The molecular formula is C13H17FN4. The molecule has 0 bridgehead atoms. The average Bonchev–Trinajstić information content (AvgIpc) is 2.75. The van der Waals surface area contributed by atoms with Crippen molar-refractivity contribution in [1.29, 1.82) is 0 Å². The molecule has 0 saturated carbocycles. The highest BCUT2D eigenvalue weighted by atomic mass is 19.1. The van der Waals surface area contributed by atoms with Gasteiger partial charge in [-0.15, -0.1) is 0 Å². The van der Waals surface area contributed by atoms with Crippen LogP contribution in [0.1, 0.15) is 6.42 Å². The first-order valence-corrected chi connectivity index (χ1v) is 5.91. The largest absolute Gasteiger partial charge is 0.382 e. The van der Waals surface area contributed by atoms with E-state index in [2.05, 4.69) is 5.10 Å². The number of aromatic nitrogens is 2. The van der Waals surface area contributed by atoms with E-state index in [1.807, 2.05) is 24.2 Å². The monoisotopic (exact) mass is 248 g/mol. The predicted octanol–water partition coefficient (Wildman–Crippen LogP) is 2.13. The van der Waals surface area contributed by atoms with E-state index in [4.69, 9.17) is 5.73 Å². The summed E-state index contributed by atoms with van der Waals surface area (Å²) >= 11 is 0. The first-order valence-electron chi connectivity index (χ1n) is 5.91. The lowest BCUT2D eigenvalue weighted by Gasteiger charge is -2.19. The van der Waals surface area contributed by atoms with E-state index >= 15 is 0 Å². The Morgan fingerprint density at radius 2 is 2.11 bits per heavy atom. The van der Waals surface area contributed by atoms with Crippen molar-refractivity contribution >= 4 is 11.5 Å². The van der Waals surface area contributed by atoms with Crippen molar-refractivity contribution < 1.29 is 4.39 Å². The van der Waals surface area contributed by atoms with Gasteiger partial charge in [-0.05, 0) is 24.6 Å². The predicted molar refractivity (Wildman–Crippen MR) is 70.9 cm³/mol. The van der Waals surface area contributed by atoms with E-state index in [1.165, 1.54) is 6.07 Å². The fraction of sp³-hybridized carbons (Fsp3) is 0.308. The maximum Gasteiger partial charge on any atom is 0.146 e. The Morgan fingerprint density at radius 3 is 2.78 bits per heavy atom. The lowest BCUT2D eigenvalue weighted by molar-refractivity contribution is 0.573. The van der Waals surface area contributed by atoms with Gasteiger partial charge in [0.15, 0.2) is 0 Å². The van der Waals surface area contributed by atoms with E-state index in [1.54, 1.807) is 22.9 Å². The van der Waals surface area contributed by atoms with E-state index in [0.717, 1.165) is 19.5 Å². The van der Waals surface area contributed by atoms with Crippen LogP contribution in [0.5, 0.6) is 0 Å². The van der Waals surface area contributed by atoms with Crippen molar-refractivity contribution in [3.05, 3.63) is 42.3 Å². The first kappa shape index (κ1) is 12.4. The van der Waals surface area contributed by atoms with Crippen molar-refractivity contribution in [2.45, 2.75) is 13.0 Å². The number of rotatable bonds is 5. The molecule has 2 N–H and O–H groups in total. The summed E-state index contributed by atoms with van der Waals surface area (Å²) in [7, 11) is 1.88. The molecule has 0 aliphatic carbocycles. The van der Waals surface area contributed by atoms with Crippen LogP contribution in [-0.2, 0) is 6.54 Å². The number of anilines is 2. The number of hydrogen-bond donors (Lipinski definition) is 1. The topological polar surface area (TPSA) is 47.1 Å². The van der Waals surface area contributed by atoms with Crippen LogP contribution >= 0.6 is 0 Å². The zero-order valence-electron chi connectivity index (χ0n) is 10.4. The highest BCUT2D eigenvalue weighted by molar-refractivity contribution is 5.46. The first-order chi connectivity index (χ1) is 8.66. The fourth-order valence-electron chi connectivity index (χ4n) is 1.85. The third-order valence-corrected chi connectivity index (χ3v) is 2.81. The highest BCUT2D eigenvalue weighted by Crippen LogP contribution is 2.17. The second-order valence-corrected chi connectivity index (χ2v) is 4.23. The van der Waals surface area contributed by atoms with Crippen LogP contribution in [0.15, 0.2) is 36.5 Å². The summed E-state index contributed by atoms with van der Waals surface area (Å²) in [5, 5.41) is 4.10. The molecule has 2 aromatic rings. The van der Waals surface area contributed by atoms with Gasteiger partial charge in [-0.25, -0.2) is 4.39 Å². The molecule has 2 rings (SSSR count). The molecule has 0 saturated heterocycles. The number of para-hydroxylation sites is 1. The SMILES string of the molecule is CN(CCCn1ccc(N)n1)c1ccccc1F. The Labute approximate surface area is 106 Å². The number of halogens is 1. The van der Waals surface area contributed by atoms with E-state index in [9.17, 15) is 4.39 Å². The third kappa shape index (κ3) is 3.00. The molecule has 0 radical (unpaired) electrons. The summed E-state index contributed by atoms with van der Waals surface area (Å²) in [5.41, 5.74) is 6.15. The molecule has 0 spiro atoms. The molecule has 0 unspecified atom stereocenters. The molecule has 0 aliphatic rings. The van der Waals surface area contributed by atoms with Gasteiger partial charge >= 0.3 is 0 Å². The van der Waals surface area contributed by atoms with Gasteiger partial charge in [0.25, 0.3) is 0 Å². The maximum absolute atomic E-state index is 13.5. The van der Waals surface area contributed by atoms with E-state index < -0.39 is 0 Å². The molecule has 5 heteroatoms. The van der Waals surface area contributed by atoms with Gasteiger partial charge in [0.05, 0.1) is 5.69 Å². The molecule has 1 aromatic carbocycles. The molecular weight excluding hydrogens is 231 g/mol. The van der Waals surface area contributed by atoms with Gasteiger partial charge in [-0.2, -0.15) is 5.10 Å². The minimum atomic E-state index is -0.191. The zero-order chi connectivity index (χ0) is 13.0. The van der Waals surface area contributed by atoms with E-state index in [-0.39, 0.29) is 5.82 Å². The van der Waals surface area contributed by atoms with Gasteiger partial charge in [-0.3, -0.25) is 4.68 Å². The molecule has 0 fully saturated rings. The minimum absolute atomic E-state index is 0.191. The van der Waals surface area contributed by atoms with E-state index in [0.29, 0.717) is 11.5 Å². The Hall–Kier alpha value is -2.04. The van der Waals surface area contributed by atoms with Gasteiger partial charge < -0.3 is 10.6 Å².